The van der Waals surface area contributed by atoms with Crippen LogP contribution in [-0.2, 0) is 15.0 Å². The zero-order chi connectivity index (χ0) is 8.20. The Bertz CT molecular complexity index is 175. The van der Waals surface area contributed by atoms with E-state index < -0.39 is 15.5 Å². The summed E-state index contributed by atoms with van der Waals surface area (Å²) in [6.45, 7) is 3.32. The third-order valence-corrected chi connectivity index (χ3v) is 2.13. The van der Waals surface area contributed by atoms with E-state index in [1.54, 1.807) is 6.92 Å². The van der Waals surface area contributed by atoms with Crippen LogP contribution in [0.15, 0.2) is 0 Å². The summed E-state index contributed by atoms with van der Waals surface area (Å²) in [6, 6.07) is 0. The van der Waals surface area contributed by atoms with E-state index in [0.717, 1.165) is 0 Å². The lowest BCUT2D eigenvalue weighted by atomic mass is 10.5. The molecule has 62 valence electrons. The van der Waals surface area contributed by atoms with Crippen LogP contribution in [-0.4, -0.2) is 26.9 Å². The SMILES string of the molecule is CCOCC(C)S(=O)(=O)F. The van der Waals surface area contributed by atoms with E-state index in [1.165, 1.54) is 6.92 Å². The minimum atomic E-state index is -4.40. The van der Waals surface area contributed by atoms with Crippen LogP contribution in [0.25, 0.3) is 0 Å². The molecule has 0 saturated heterocycles. The molecular weight excluding hydrogens is 159 g/mol. The molecule has 10 heavy (non-hydrogen) atoms. The molecule has 0 aromatic rings. The van der Waals surface area contributed by atoms with Crippen molar-refractivity contribution >= 4 is 10.2 Å². The largest absolute Gasteiger partial charge is 0.380 e. The standard InChI is InChI=1S/C5H11FO3S/c1-3-9-4-5(2)10(6,7)8/h5H,3-4H2,1-2H3. The second kappa shape index (κ2) is 3.88. The predicted octanol–water partition coefficient (Wildman–Crippen LogP) is 0.711. The molecule has 0 aliphatic rings. The lowest BCUT2D eigenvalue weighted by Crippen LogP contribution is -2.19. The highest BCUT2D eigenvalue weighted by atomic mass is 32.3. The Labute approximate surface area is 60.4 Å². The minimum Gasteiger partial charge on any atom is -0.380 e. The number of hydrogen-bond acceptors (Lipinski definition) is 3. The van der Waals surface area contributed by atoms with Crippen LogP contribution in [0.1, 0.15) is 13.8 Å². The van der Waals surface area contributed by atoms with Gasteiger partial charge in [0.25, 0.3) is 0 Å². The van der Waals surface area contributed by atoms with Gasteiger partial charge in [-0.2, -0.15) is 8.42 Å². The fourth-order valence-electron chi connectivity index (χ4n) is 0.365. The van der Waals surface area contributed by atoms with Crippen LogP contribution in [0.2, 0.25) is 0 Å². The van der Waals surface area contributed by atoms with E-state index in [2.05, 4.69) is 0 Å². The summed E-state index contributed by atoms with van der Waals surface area (Å²) in [4.78, 5) is 0. The van der Waals surface area contributed by atoms with Gasteiger partial charge in [-0.25, -0.2) is 0 Å². The Morgan fingerprint density at radius 2 is 2.10 bits per heavy atom. The molecule has 3 nitrogen and oxygen atoms in total. The Hall–Kier alpha value is -0.160. The van der Waals surface area contributed by atoms with E-state index in [1.807, 2.05) is 0 Å². The first-order valence-electron chi connectivity index (χ1n) is 2.99. The van der Waals surface area contributed by atoms with Gasteiger partial charge < -0.3 is 4.74 Å². The van der Waals surface area contributed by atoms with Crippen LogP contribution >= 0.6 is 0 Å². The van der Waals surface area contributed by atoms with Crippen molar-refractivity contribution in [1.82, 2.24) is 0 Å². The van der Waals surface area contributed by atoms with Gasteiger partial charge >= 0.3 is 10.2 Å². The molecule has 0 heterocycles. The predicted molar refractivity (Wildman–Crippen MR) is 36.0 cm³/mol. The fourth-order valence-corrected chi connectivity index (χ4v) is 0.624. The monoisotopic (exact) mass is 170 g/mol. The number of rotatable bonds is 4. The molecule has 0 bridgehead atoms. The molecule has 0 spiro atoms. The molecule has 0 fully saturated rings. The molecule has 0 saturated carbocycles. The van der Waals surface area contributed by atoms with Gasteiger partial charge in [0.05, 0.1) is 6.61 Å². The van der Waals surface area contributed by atoms with Crippen molar-refractivity contribution in [2.24, 2.45) is 0 Å². The van der Waals surface area contributed by atoms with Crippen molar-refractivity contribution in [2.75, 3.05) is 13.2 Å². The minimum absolute atomic E-state index is 0.0741. The van der Waals surface area contributed by atoms with Gasteiger partial charge in [0.2, 0.25) is 0 Å². The highest BCUT2D eigenvalue weighted by Gasteiger charge is 2.18. The first kappa shape index (κ1) is 9.84. The summed E-state index contributed by atoms with van der Waals surface area (Å²) in [7, 11) is -4.40. The van der Waals surface area contributed by atoms with Crippen LogP contribution in [0, 0.1) is 0 Å². The topological polar surface area (TPSA) is 43.4 Å². The van der Waals surface area contributed by atoms with E-state index >= 15 is 0 Å². The smallest absolute Gasteiger partial charge is 0.307 e. The average Bonchev–Trinajstić information content (AvgIpc) is 1.80. The first-order valence-corrected chi connectivity index (χ1v) is 4.44. The maximum absolute atomic E-state index is 12.0. The summed E-state index contributed by atoms with van der Waals surface area (Å²) < 4.78 is 36.9. The summed E-state index contributed by atoms with van der Waals surface area (Å²) >= 11 is 0. The van der Waals surface area contributed by atoms with Gasteiger partial charge in [-0.15, -0.1) is 3.89 Å². The Balaban J connectivity index is 3.75. The summed E-state index contributed by atoms with van der Waals surface area (Å²) in [6.07, 6.45) is 0. The van der Waals surface area contributed by atoms with E-state index in [0.29, 0.717) is 6.61 Å². The van der Waals surface area contributed by atoms with Crippen LogP contribution in [0.3, 0.4) is 0 Å². The van der Waals surface area contributed by atoms with Crippen molar-refractivity contribution in [3.63, 3.8) is 0 Å². The lowest BCUT2D eigenvalue weighted by molar-refractivity contribution is 0.149. The van der Waals surface area contributed by atoms with Gasteiger partial charge in [0, 0.05) is 6.61 Å². The van der Waals surface area contributed by atoms with Crippen LogP contribution in [0.5, 0.6) is 0 Å². The zero-order valence-electron chi connectivity index (χ0n) is 6.00. The van der Waals surface area contributed by atoms with Crippen LogP contribution < -0.4 is 0 Å². The average molecular weight is 170 g/mol. The van der Waals surface area contributed by atoms with Gasteiger partial charge in [0.1, 0.15) is 5.25 Å². The van der Waals surface area contributed by atoms with E-state index in [9.17, 15) is 12.3 Å². The molecule has 5 heteroatoms. The third kappa shape index (κ3) is 3.79. The van der Waals surface area contributed by atoms with Crippen molar-refractivity contribution in [2.45, 2.75) is 19.1 Å². The number of ether oxygens (including phenoxy) is 1. The van der Waals surface area contributed by atoms with Gasteiger partial charge in [0.15, 0.2) is 0 Å². The first-order chi connectivity index (χ1) is 4.48. The number of hydrogen-bond donors (Lipinski definition) is 0. The second-order valence-corrected chi connectivity index (χ2v) is 3.70. The quantitative estimate of drug-likeness (QED) is 0.583. The lowest BCUT2D eigenvalue weighted by Gasteiger charge is -2.04. The molecule has 0 aromatic carbocycles. The second-order valence-electron chi connectivity index (χ2n) is 1.95. The van der Waals surface area contributed by atoms with Crippen molar-refractivity contribution < 1.29 is 17.0 Å². The highest BCUT2D eigenvalue weighted by molar-refractivity contribution is 7.87. The molecule has 0 rings (SSSR count). The maximum atomic E-state index is 12.0. The maximum Gasteiger partial charge on any atom is 0.307 e. The van der Waals surface area contributed by atoms with Crippen LogP contribution in [0.4, 0.5) is 3.89 Å². The molecule has 0 aliphatic carbocycles. The van der Waals surface area contributed by atoms with Crippen molar-refractivity contribution in [3.8, 4) is 0 Å². The molecule has 0 aliphatic heterocycles. The van der Waals surface area contributed by atoms with Gasteiger partial charge in [-0.05, 0) is 13.8 Å². The normalized spacial score (nSPS) is 15.1. The Morgan fingerprint density at radius 1 is 1.60 bits per heavy atom. The number of halogens is 1. The highest BCUT2D eigenvalue weighted by Crippen LogP contribution is 2.02. The molecule has 1 unspecified atom stereocenters. The molecule has 0 amide bonds. The summed E-state index contributed by atoms with van der Waals surface area (Å²) in [5.74, 6) is 0. The Kier molecular flexibility index (Phi) is 3.81. The summed E-state index contributed by atoms with van der Waals surface area (Å²) in [5.41, 5.74) is 0. The summed E-state index contributed by atoms with van der Waals surface area (Å²) in [5, 5.41) is -1.05. The molecule has 0 N–H and O–H groups in total. The van der Waals surface area contributed by atoms with E-state index in [4.69, 9.17) is 4.74 Å². The Morgan fingerprint density at radius 3 is 2.40 bits per heavy atom. The van der Waals surface area contributed by atoms with Crippen molar-refractivity contribution in [3.05, 3.63) is 0 Å². The van der Waals surface area contributed by atoms with Gasteiger partial charge in [-0.1, -0.05) is 0 Å². The molecule has 0 radical (unpaired) electrons. The molecule has 0 aromatic heterocycles. The zero-order valence-corrected chi connectivity index (χ0v) is 6.82. The van der Waals surface area contributed by atoms with E-state index in [-0.39, 0.29) is 6.61 Å². The third-order valence-electron chi connectivity index (χ3n) is 1.04. The van der Waals surface area contributed by atoms with Crippen molar-refractivity contribution in [1.29, 1.82) is 0 Å². The van der Waals surface area contributed by atoms with Gasteiger partial charge in [-0.3, -0.25) is 0 Å². The molecular formula is C5H11FO3S. The molecule has 1 atom stereocenters. The fraction of sp³-hybridized carbons (Fsp3) is 1.00.